The molecule has 18 heavy (non-hydrogen) atoms. The summed E-state index contributed by atoms with van der Waals surface area (Å²) in [6, 6.07) is 0. The third kappa shape index (κ3) is 4.27. The highest BCUT2D eigenvalue weighted by Crippen LogP contribution is 2.25. The minimum Gasteiger partial charge on any atom is -0.461 e. The molecule has 0 aromatic rings. The van der Waals surface area contributed by atoms with E-state index >= 15 is 0 Å². The number of carbonyl (C=O) groups is 1. The zero-order chi connectivity index (χ0) is 13.4. The molecule has 3 nitrogen and oxygen atoms in total. The van der Waals surface area contributed by atoms with Crippen LogP contribution in [0.15, 0.2) is 0 Å². The molecule has 1 heterocycles. The van der Waals surface area contributed by atoms with E-state index in [1.165, 1.54) is 19.3 Å². The zero-order valence-electron chi connectivity index (χ0n) is 12.3. The number of carbonyl (C=O) groups excluding carboxylic acids is 1. The second-order valence-corrected chi connectivity index (χ2v) is 5.53. The molecule has 0 aromatic carbocycles. The minimum absolute atomic E-state index is 0.0366. The number of esters is 1. The van der Waals surface area contributed by atoms with E-state index in [-0.39, 0.29) is 12.1 Å². The number of hydrogen-bond donors (Lipinski definition) is 1. The second-order valence-electron chi connectivity index (χ2n) is 5.53. The Morgan fingerprint density at radius 1 is 1.33 bits per heavy atom. The summed E-state index contributed by atoms with van der Waals surface area (Å²) in [5, 5.41) is 3.33. The highest BCUT2D eigenvalue weighted by molar-refractivity contribution is 5.81. The third-order valence-corrected chi connectivity index (χ3v) is 4.01. The maximum absolute atomic E-state index is 12.2. The molecular formula is C15H29NO2. The molecule has 106 valence electrons. The fourth-order valence-corrected chi connectivity index (χ4v) is 2.64. The lowest BCUT2D eigenvalue weighted by Gasteiger charge is -2.27. The average Bonchev–Trinajstić information content (AvgIpc) is 2.84. The van der Waals surface area contributed by atoms with Gasteiger partial charge in [-0.05, 0) is 45.6 Å². The summed E-state index contributed by atoms with van der Waals surface area (Å²) in [6.45, 7) is 7.22. The normalized spacial score (nSPS) is 25.1. The van der Waals surface area contributed by atoms with Crippen molar-refractivity contribution in [3.8, 4) is 0 Å². The molecule has 1 fully saturated rings. The van der Waals surface area contributed by atoms with Crippen molar-refractivity contribution in [3.63, 3.8) is 0 Å². The van der Waals surface area contributed by atoms with Crippen LogP contribution in [0.5, 0.6) is 0 Å². The molecule has 2 unspecified atom stereocenters. The van der Waals surface area contributed by atoms with Crippen LogP contribution in [0.1, 0.15) is 72.1 Å². The van der Waals surface area contributed by atoms with Gasteiger partial charge in [0.2, 0.25) is 0 Å². The first-order valence-electron chi connectivity index (χ1n) is 7.60. The monoisotopic (exact) mass is 255 g/mol. The first-order chi connectivity index (χ1) is 8.64. The Morgan fingerprint density at radius 3 is 2.67 bits per heavy atom. The van der Waals surface area contributed by atoms with E-state index in [4.69, 9.17) is 4.74 Å². The summed E-state index contributed by atoms with van der Waals surface area (Å²) in [6.07, 6.45) is 8.81. The fraction of sp³-hybridized carbons (Fsp3) is 0.933. The van der Waals surface area contributed by atoms with E-state index in [9.17, 15) is 4.79 Å². The van der Waals surface area contributed by atoms with Crippen molar-refractivity contribution in [1.29, 1.82) is 0 Å². The Labute approximate surface area is 112 Å². The van der Waals surface area contributed by atoms with Crippen LogP contribution >= 0.6 is 0 Å². The molecule has 0 radical (unpaired) electrons. The molecule has 1 N–H and O–H groups in total. The topological polar surface area (TPSA) is 38.3 Å². The maximum Gasteiger partial charge on any atom is 0.326 e. The highest BCUT2D eigenvalue weighted by atomic mass is 16.5. The van der Waals surface area contributed by atoms with Gasteiger partial charge in [0.05, 0.1) is 6.10 Å². The molecule has 2 atom stereocenters. The molecule has 1 aliphatic heterocycles. The van der Waals surface area contributed by atoms with Gasteiger partial charge in [-0.1, -0.05) is 33.1 Å². The molecule has 0 spiro atoms. The summed E-state index contributed by atoms with van der Waals surface area (Å²) in [5.41, 5.74) is -0.391. The van der Waals surface area contributed by atoms with E-state index < -0.39 is 5.54 Å². The van der Waals surface area contributed by atoms with E-state index in [2.05, 4.69) is 19.2 Å². The largest absolute Gasteiger partial charge is 0.461 e. The summed E-state index contributed by atoms with van der Waals surface area (Å²) in [7, 11) is 0. The predicted molar refractivity (Wildman–Crippen MR) is 74.6 cm³/mol. The SMILES string of the molecule is CCCCCCC(C)OC(=O)C1(CC)CCCN1. The second kappa shape index (κ2) is 7.78. The number of nitrogens with one attached hydrogen (secondary N) is 1. The van der Waals surface area contributed by atoms with Gasteiger partial charge in [0.1, 0.15) is 5.54 Å². The number of unbranched alkanes of at least 4 members (excludes halogenated alkanes) is 3. The summed E-state index contributed by atoms with van der Waals surface area (Å²) in [4.78, 5) is 12.2. The van der Waals surface area contributed by atoms with Crippen LogP contribution in [0.25, 0.3) is 0 Å². The summed E-state index contributed by atoms with van der Waals surface area (Å²) < 4.78 is 5.61. The lowest BCUT2D eigenvalue weighted by molar-refractivity contribution is -0.156. The van der Waals surface area contributed by atoms with Crippen molar-refractivity contribution in [2.75, 3.05) is 6.54 Å². The molecular weight excluding hydrogens is 226 g/mol. The molecule has 0 amide bonds. The van der Waals surface area contributed by atoms with Crippen LogP contribution in [0, 0.1) is 0 Å². The van der Waals surface area contributed by atoms with Crippen molar-refractivity contribution in [1.82, 2.24) is 5.32 Å². The molecule has 0 bridgehead atoms. The van der Waals surface area contributed by atoms with Gasteiger partial charge in [0, 0.05) is 0 Å². The van der Waals surface area contributed by atoms with Crippen molar-refractivity contribution in [2.45, 2.75) is 83.8 Å². The van der Waals surface area contributed by atoms with Gasteiger partial charge in [0.15, 0.2) is 0 Å². The van der Waals surface area contributed by atoms with Crippen LogP contribution in [-0.4, -0.2) is 24.2 Å². The molecule has 1 saturated heterocycles. The van der Waals surface area contributed by atoms with Gasteiger partial charge in [-0.2, -0.15) is 0 Å². The van der Waals surface area contributed by atoms with Crippen molar-refractivity contribution in [2.24, 2.45) is 0 Å². The average molecular weight is 255 g/mol. The number of ether oxygens (including phenoxy) is 1. The molecule has 0 aromatic heterocycles. The van der Waals surface area contributed by atoms with Gasteiger partial charge in [-0.15, -0.1) is 0 Å². The third-order valence-electron chi connectivity index (χ3n) is 4.01. The van der Waals surface area contributed by atoms with Crippen LogP contribution < -0.4 is 5.32 Å². The maximum atomic E-state index is 12.2. The standard InChI is InChI=1S/C15H29NO2/c1-4-6-7-8-10-13(3)18-14(17)15(5-2)11-9-12-16-15/h13,16H,4-12H2,1-3H3. The van der Waals surface area contributed by atoms with Gasteiger partial charge in [-0.25, -0.2) is 0 Å². The van der Waals surface area contributed by atoms with Crippen LogP contribution in [0.2, 0.25) is 0 Å². The smallest absolute Gasteiger partial charge is 0.326 e. The number of hydrogen-bond acceptors (Lipinski definition) is 3. The first kappa shape index (κ1) is 15.5. The van der Waals surface area contributed by atoms with Crippen molar-refractivity contribution >= 4 is 5.97 Å². The van der Waals surface area contributed by atoms with Crippen molar-refractivity contribution in [3.05, 3.63) is 0 Å². The molecule has 1 rings (SSSR count). The van der Waals surface area contributed by atoms with E-state index in [1.54, 1.807) is 0 Å². The predicted octanol–water partition coefficient (Wildman–Crippen LogP) is 3.42. The Balaban J connectivity index is 2.29. The summed E-state index contributed by atoms with van der Waals surface area (Å²) in [5.74, 6) is -0.0366. The minimum atomic E-state index is -0.391. The van der Waals surface area contributed by atoms with Gasteiger partial charge >= 0.3 is 5.97 Å². The Hall–Kier alpha value is -0.570. The zero-order valence-corrected chi connectivity index (χ0v) is 12.3. The van der Waals surface area contributed by atoms with Gasteiger partial charge in [0.25, 0.3) is 0 Å². The molecule has 0 saturated carbocycles. The van der Waals surface area contributed by atoms with Crippen LogP contribution in [0.4, 0.5) is 0 Å². The molecule has 0 aliphatic carbocycles. The van der Waals surface area contributed by atoms with Crippen LogP contribution in [-0.2, 0) is 9.53 Å². The van der Waals surface area contributed by atoms with Crippen LogP contribution in [0.3, 0.4) is 0 Å². The lowest BCUT2D eigenvalue weighted by Crippen LogP contribution is -2.48. The Kier molecular flexibility index (Phi) is 6.69. The molecule has 3 heteroatoms. The lowest BCUT2D eigenvalue weighted by atomic mass is 9.94. The number of rotatable bonds is 8. The van der Waals surface area contributed by atoms with Gasteiger partial charge in [-0.3, -0.25) is 4.79 Å². The Morgan fingerprint density at radius 2 is 2.11 bits per heavy atom. The first-order valence-corrected chi connectivity index (χ1v) is 7.60. The Bertz CT molecular complexity index is 247. The van der Waals surface area contributed by atoms with Crippen molar-refractivity contribution < 1.29 is 9.53 Å². The van der Waals surface area contributed by atoms with E-state index in [0.29, 0.717) is 0 Å². The molecule has 1 aliphatic rings. The van der Waals surface area contributed by atoms with E-state index in [1.807, 2.05) is 6.92 Å². The fourth-order valence-electron chi connectivity index (χ4n) is 2.64. The summed E-state index contributed by atoms with van der Waals surface area (Å²) >= 11 is 0. The van der Waals surface area contributed by atoms with E-state index in [0.717, 1.165) is 38.6 Å². The van der Waals surface area contributed by atoms with Gasteiger partial charge < -0.3 is 10.1 Å². The highest BCUT2D eigenvalue weighted by Gasteiger charge is 2.41. The quantitative estimate of drug-likeness (QED) is 0.533.